The van der Waals surface area contributed by atoms with E-state index < -0.39 is 5.82 Å². The molecule has 19 heavy (non-hydrogen) atoms. The Kier molecular flexibility index (Phi) is 5.69. The maximum Gasteiger partial charge on any atom is 0.258 e. The van der Waals surface area contributed by atoms with Crippen molar-refractivity contribution in [2.24, 2.45) is 5.73 Å². The molecule has 1 unspecified atom stereocenters. The van der Waals surface area contributed by atoms with E-state index in [-0.39, 0.29) is 34.9 Å². The zero-order valence-electron chi connectivity index (χ0n) is 10.9. The lowest BCUT2D eigenvalue weighted by Gasteiger charge is -2.14. The average molecular weight is 284 g/mol. The molecule has 0 heterocycles. The van der Waals surface area contributed by atoms with Gasteiger partial charge in [-0.2, -0.15) is 0 Å². The number of benzene rings is 1. The summed E-state index contributed by atoms with van der Waals surface area (Å²) in [6.45, 7) is 3.65. The van der Waals surface area contributed by atoms with Crippen LogP contribution in [0.5, 0.6) is 5.75 Å². The Hall–Kier alpha value is -1.69. The third-order valence-corrected chi connectivity index (χ3v) is 2.80. The summed E-state index contributed by atoms with van der Waals surface area (Å²) in [4.78, 5) is 11.5. The van der Waals surface area contributed by atoms with Gasteiger partial charge in [0.05, 0.1) is 5.56 Å². The van der Waals surface area contributed by atoms with Crippen molar-refractivity contribution in [2.45, 2.75) is 26.3 Å². The predicted octanol–water partition coefficient (Wildman–Crippen LogP) is 1.75. The van der Waals surface area contributed by atoms with Crippen LogP contribution in [0.15, 0.2) is 18.2 Å². The van der Waals surface area contributed by atoms with Crippen molar-refractivity contribution in [3.05, 3.63) is 29.6 Å². The van der Waals surface area contributed by atoms with Crippen molar-refractivity contribution in [1.29, 1.82) is 0 Å². The summed E-state index contributed by atoms with van der Waals surface area (Å²) in [5.74, 6) is -0.661. The first-order chi connectivity index (χ1) is 8.95. The van der Waals surface area contributed by atoms with Crippen LogP contribution >= 0.6 is 12.2 Å². The first-order valence-corrected chi connectivity index (χ1v) is 6.37. The molecule has 4 nitrogen and oxygen atoms in total. The van der Waals surface area contributed by atoms with Crippen LogP contribution in [0.1, 0.15) is 25.8 Å². The molecule has 0 fully saturated rings. The van der Waals surface area contributed by atoms with Crippen molar-refractivity contribution in [2.75, 3.05) is 6.61 Å². The molecule has 0 radical (unpaired) electrons. The normalized spacial score (nSPS) is 11.7. The van der Waals surface area contributed by atoms with Gasteiger partial charge in [0, 0.05) is 6.04 Å². The monoisotopic (exact) mass is 284 g/mol. The highest BCUT2D eigenvalue weighted by atomic mass is 32.1. The van der Waals surface area contributed by atoms with Crippen LogP contribution in [-0.2, 0) is 4.79 Å². The summed E-state index contributed by atoms with van der Waals surface area (Å²) in [5, 5.41) is 2.74. The highest BCUT2D eigenvalue weighted by molar-refractivity contribution is 7.80. The molecule has 1 atom stereocenters. The Morgan fingerprint density at radius 2 is 2.26 bits per heavy atom. The third-order valence-electron chi connectivity index (χ3n) is 2.60. The fourth-order valence-corrected chi connectivity index (χ4v) is 1.62. The van der Waals surface area contributed by atoms with E-state index in [0.717, 1.165) is 6.42 Å². The summed E-state index contributed by atoms with van der Waals surface area (Å²) in [6, 6.07) is 4.30. The number of carbonyl (C=O) groups is 1. The minimum absolute atomic E-state index is 0.0221. The molecule has 1 rings (SSSR count). The zero-order valence-corrected chi connectivity index (χ0v) is 11.7. The van der Waals surface area contributed by atoms with E-state index in [1.807, 2.05) is 13.8 Å². The van der Waals surface area contributed by atoms with Crippen LogP contribution in [-0.4, -0.2) is 23.5 Å². The quantitative estimate of drug-likeness (QED) is 0.781. The highest BCUT2D eigenvalue weighted by Crippen LogP contribution is 2.21. The van der Waals surface area contributed by atoms with E-state index in [9.17, 15) is 9.18 Å². The van der Waals surface area contributed by atoms with E-state index >= 15 is 0 Å². The maximum absolute atomic E-state index is 13.5. The molecule has 0 aliphatic carbocycles. The van der Waals surface area contributed by atoms with E-state index in [0.29, 0.717) is 0 Å². The van der Waals surface area contributed by atoms with Crippen LogP contribution in [0.25, 0.3) is 0 Å². The Balaban J connectivity index is 2.71. The van der Waals surface area contributed by atoms with Crippen LogP contribution in [0, 0.1) is 5.82 Å². The molecule has 0 aliphatic heterocycles. The van der Waals surface area contributed by atoms with Crippen LogP contribution in [0.3, 0.4) is 0 Å². The van der Waals surface area contributed by atoms with Gasteiger partial charge < -0.3 is 15.8 Å². The van der Waals surface area contributed by atoms with Gasteiger partial charge in [-0.15, -0.1) is 0 Å². The number of nitrogens with two attached hydrogens (primary N) is 1. The Bertz CT molecular complexity index is 480. The van der Waals surface area contributed by atoms with Gasteiger partial charge in [-0.25, -0.2) is 4.39 Å². The summed E-state index contributed by atoms with van der Waals surface area (Å²) >= 11 is 4.76. The van der Waals surface area contributed by atoms with Crippen molar-refractivity contribution in [3.8, 4) is 5.75 Å². The SMILES string of the molecule is CCC(C)NC(=O)COc1cccc(F)c1C(N)=S. The largest absolute Gasteiger partial charge is 0.483 e. The molecule has 0 aliphatic rings. The van der Waals surface area contributed by atoms with Crippen LogP contribution < -0.4 is 15.8 Å². The molecule has 0 spiro atoms. The van der Waals surface area contributed by atoms with Gasteiger partial charge >= 0.3 is 0 Å². The zero-order chi connectivity index (χ0) is 14.4. The fourth-order valence-electron chi connectivity index (χ4n) is 1.43. The maximum atomic E-state index is 13.5. The summed E-state index contributed by atoms with van der Waals surface area (Å²) in [6.07, 6.45) is 0.823. The highest BCUT2D eigenvalue weighted by Gasteiger charge is 2.14. The Labute approximate surface area is 117 Å². The van der Waals surface area contributed by atoms with Crippen molar-refractivity contribution >= 4 is 23.1 Å². The number of ether oxygens (including phenoxy) is 1. The smallest absolute Gasteiger partial charge is 0.258 e. The minimum Gasteiger partial charge on any atom is -0.483 e. The Morgan fingerprint density at radius 3 is 2.84 bits per heavy atom. The predicted molar refractivity (Wildman–Crippen MR) is 75.7 cm³/mol. The minimum atomic E-state index is -0.563. The second-order valence-corrected chi connectivity index (χ2v) is 4.58. The van der Waals surface area contributed by atoms with Gasteiger partial charge in [-0.05, 0) is 25.5 Å². The first kappa shape index (κ1) is 15.4. The van der Waals surface area contributed by atoms with Crippen molar-refractivity contribution < 1.29 is 13.9 Å². The number of hydrogen-bond acceptors (Lipinski definition) is 3. The number of rotatable bonds is 6. The molecule has 1 amide bonds. The molecule has 0 saturated carbocycles. The van der Waals surface area contributed by atoms with E-state index in [4.69, 9.17) is 22.7 Å². The number of thiocarbonyl (C=S) groups is 1. The lowest BCUT2D eigenvalue weighted by molar-refractivity contribution is -0.123. The Morgan fingerprint density at radius 1 is 1.58 bits per heavy atom. The molecule has 0 bridgehead atoms. The molecular formula is C13H17FN2O2S. The number of amides is 1. The second-order valence-electron chi connectivity index (χ2n) is 4.14. The summed E-state index contributed by atoms with van der Waals surface area (Å²) in [5.41, 5.74) is 5.46. The molecule has 3 N–H and O–H groups in total. The van der Waals surface area contributed by atoms with E-state index in [1.165, 1.54) is 18.2 Å². The standard InChI is InChI=1S/C13H17FN2O2S/c1-3-8(2)16-11(17)7-18-10-6-4-5-9(14)12(10)13(15)19/h4-6,8H,3,7H2,1-2H3,(H2,15,19)(H,16,17). The first-order valence-electron chi connectivity index (χ1n) is 5.96. The van der Waals surface area contributed by atoms with Crippen molar-refractivity contribution in [1.82, 2.24) is 5.32 Å². The van der Waals surface area contributed by atoms with Gasteiger partial charge in [0.2, 0.25) is 0 Å². The second kappa shape index (κ2) is 7.04. The molecular weight excluding hydrogens is 267 g/mol. The number of halogens is 1. The molecule has 0 aromatic heterocycles. The number of nitrogens with one attached hydrogen (secondary N) is 1. The van der Waals surface area contributed by atoms with Crippen LogP contribution in [0.4, 0.5) is 4.39 Å². The fraction of sp³-hybridized carbons (Fsp3) is 0.385. The van der Waals surface area contributed by atoms with E-state index in [1.54, 1.807) is 0 Å². The van der Waals surface area contributed by atoms with Gasteiger partial charge in [-0.1, -0.05) is 25.2 Å². The molecule has 1 aromatic rings. The lowest BCUT2D eigenvalue weighted by Crippen LogP contribution is -2.35. The molecule has 6 heteroatoms. The van der Waals surface area contributed by atoms with Gasteiger partial charge in [0.15, 0.2) is 6.61 Å². The van der Waals surface area contributed by atoms with Gasteiger partial charge in [0.25, 0.3) is 5.91 Å². The topological polar surface area (TPSA) is 64.3 Å². The summed E-state index contributed by atoms with van der Waals surface area (Å²) in [7, 11) is 0. The summed E-state index contributed by atoms with van der Waals surface area (Å²) < 4.78 is 18.8. The number of hydrogen-bond donors (Lipinski definition) is 2. The van der Waals surface area contributed by atoms with E-state index in [2.05, 4.69) is 5.32 Å². The molecule has 0 saturated heterocycles. The molecule has 104 valence electrons. The van der Waals surface area contributed by atoms with Crippen LogP contribution in [0.2, 0.25) is 0 Å². The molecule has 1 aromatic carbocycles. The van der Waals surface area contributed by atoms with Gasteiger partial charge in [0.1, 0.15) is 16.6 Å². The van der Waals surface area contributed by atoms with Gasteiger partial charge in [-0.3, -0.25) is 4.79 Å². The van der Waals surface area contributed by atoms with Crippen molar-refractivity contribution in [3.63, 3.8) is 0 Å². The lowest BCUT2D eigenvalue weighted by atomic mass is 10.2. The third kappa shape index (κ3) is 4.48. The average Bonchev–Trinajstić information content (AvgIpc) is 2.35. The number of carbonyl (C=O) groups excluding carboxylic acids is 1.